The second kappa shape index (κ2) is 15.9. The standard InChI is InChI=1S/C44H49F2N9O4/c1-25-5-4-14-59-43-33(20-47-52(43)3)37-19-29(15-26(2)48-37)41(57)51-44-49-36-10-6-28(18-38(36)55(44)21-25)22-53-23-30-7-8-31(24-53)54(30)13-12-27-16-34(45)40(35(46)17-27)32-9-11-39(56)50-42(32)58/h6,10,15-20,25,30-32H,4-5,7-9,11-14,21-24H2,1-3H3,(H,49,51,57)(H,50,56,58)/t25-,30?,31?,32?/m1/s1. The maximum Gasteiger partial charge on any atom is 0.258 e. The molecule has 308 valence electrons. The van der Waals surface area contributed by atoms with E-state index in [0.717, 1.165) is 61.9 Å². The Labute approximate surface area is 341 Å². The molecule has 3 amide bonds. The third kappa shape index (κ3) is 7.85. The van der Waals surface area contributed by atoms with E-state index in [4.69, 9.17) is 14.7 Å². The summed E-state index contributed by atoms with van der Waals surface area (Å²) in [6, 6.07) is 13.3. The van der Waals surface area contributed by atoms with E-state index in [1.165, 1.54) is 17.7 Å². The van der Waals surface area contributed by atoms with Crippen LogP contribution in [0.15, 0.2) is 48.7 Å². The van der Waals surface area contributed by atoms with Crippen LogP contribution in [0, 0.1) is 24.5 Å². The minimum absolute atomic E-state index is 0.0601. The molecule has 59 heavy (non-hydrogen) atoms. The molecule has 15 heteroatoms. The van der Waals surface area contributed by atoms with Crippen LogP contribution in [0.1, 0.15) is 84.1 Å². The SMILES string of the molecule is Cc1cc2cc(n1)-c1cnn(C)c1OCCC[C@@H](C)Cn1c(nc3ccc(CN4CC5CCC(C4)N5CCc4cc(F)c(C5CCC(=O)NC5=O)c(F)c4)cc31)NC2=O. The number of carbonyl (C=O) groups excluding carboxylic acids is 3. The van der Waals surface area contributed by atoms with Gasteiger partial charge in [-0.05, 0) is 98.9 Å². The van der Waals surface area contributed by atoms with Crippen molar-refractivity contribution in [2.75, 3.05) is 31.6 Å². The number of halogens is 2. The lowest BCUT2D eigenvalue weighted by Crippen LogP contribution is -2.53. The average Bonchev–Trinajstić information content (AvgIpc) is 3.81. The van der Waals surface area contributed by atoms with E-state index in [0.29, 0.717) is 72.5 Å². The molecule has 0 radical (unpaired) electrons. The van der Waals surface area contributed by atoms with Gasteiger partial charge in [-0.25, -0.2) is 18.4 Å². The zero-order valence-corrected chi connectivity index (χ0v) is 33.6. The number of rotatable bonds is 6. The molecule has 4 aliphatic rings. The van der Waals surface area contributed by atoms with Crippen molar-refractivity contribution in [1.29, 1.82) is 0 Å². The molecule has 2 N–H and O–H groups in total. The number of benzene rings is 2. The van der Waals surface area contributed by atoms with Crippen LogP contribution < -0.4 is 15.4 Å². The summed E-state index contributed by atoms with van der Waals surface area (Å²) in [6.45, 7) is 8.51. The molecule has 5 aromatic rings. The molecule has 0 aliphatic carbocycles. The fourth-order valence-electron chi connectivity index (χ4n) is 9.61. The third-order valence-corrected chi connectivity index (χ3v) is 12.5. The van der Waals surface area contributed by atoms with Gasteiger partial charge in [0.05, 0.1) is 41.0 Å². The summed E-state index contributed by atoms with van der Waals surface area (Å²) in [5.41, 5.74) is 5.80. The molecule has 0 saturated carbocycles. The number of aromatic nitrogens is 5. The van der Waals surface area contributed by atoms with Gasteiger partial charge in [0.1, 0.15) is 11.6 Å². The van der Waals surface area contributed by atoms with Crippen LogP contribution in [0.4, 0.5) is 14.7 Å². The van der Waals surface area contributed by atoms with E-state index in [1.807, 2.05) is 20.0 Å². The van der Waals surface area contributed by atoms with Crippen LogP contribution in [0.3, 0.4) is 0 Å². The van der Waals surface area contributed by atoms with Gasteiger partial charge in [-0.2, -0.15) is 5.10 Å². The Bertz CT molecular complexity index is 2430. The molecule has 3 unspecified atom stereocenters. The number of fused-ring (bicyclic) bond motifs is 9. The number of likely N-dealkylation sites (tertiary alicyclic amines) is 1. The second-order valence-corrected chi connectivity index (χ2v) is 16.8. The van der Waals surface area contributed by atoms with Crippen molar-refractivity contribution in [3.8, 4) is 17.1 Å². The maximum absolute atomic E-state index is 15.2. The van der Waals surface area contributed by atoms with Crippen molar-refractivity contribution in [3.05, 3.63) is 88.2 Å². The van der Waals surface area contributed by atoms with Crippen molar-refractivity contribution in [1.82, 2.24) is 39.4 Å². The Morgan fingerprint density at radius 3 is 2.44 bits per heavy atom. The van der Waals surface area contributed by atoms with E-state index < -0.39 is 29.4 Å². The first-order valence-corrected chi connectivity index (χ1v) is 20.7. The Hall–Kier alpha value is -5.54. The van der Waals surface area contributed by atoms with Crippen molar-refractivity contribution in [3.63, 3.8) is 0 Å². The number of hydrogen-bond acceptors (Lipinski definition) is 9. The number of pyridine rings is 1. The number of imidazole rings is 1. The van der Waals surface area contributed by atoms with E-state index in [2.05, 4.69) is 49.2 Å². The van der Waals surface area contributed by atoms with Crippen LogP contribution in [0.2, 0.25) is 0 Å². The zero-order valence-electron chi connectivity index (χ0n) is 33.6. The van der Waals surface area contributed by atoms with Crippen molar-refractivity contribution >= 4 is 34.7 Å². The summed E-state index contributed by atoms with van der Waals surface area (Å²) >= 11 is 0. The monoisotopic (exact) mass is 805 g/mol. The number of carbonyl (C=O) groups is 3. The molecule has 2 aromatic carbocycles. The molecule has 13 nitrogen and oxygen atoms in total. The van der Waals surface area contributed by atoms with E-state index >= 15 is 8.78 Å². The molecule has 4 bridgehead atoms. The molecule has 3 aromatic heterocycles. The number of piperidine rings is 1. The first kappa shape index (κ1) is 38.9. The topological polar surface area (TPSA) is 140 Å². The molecule has 3 saturated heterocycles. The smallest absolute Gasteiger partial charge is 0.258 e. The highest BCUT2D eigenvalue weighted by Crippen LogP contribution is 2.35. The number of hydrogen-bond donors (Lipinski definition) is 2. The number of anilines is 1. The number of nitrogens with one attached hydrogen (secondary N) is 2. The third-order valence-electron chi connectivity index (χ3n) is 12.5. The molecule has 4 aliphatic heterocycles. The number of piperazine rings is 1. The van der Waals surface area contributed by atoms with Gasteiger partial charge in [0.25, 0.3) is 5.91 Å². The van der Waals surface area contributed by atoms with Crippen molar-refractivity contribution < 1.29 is 27.9 Å². The predicted octanol–water partition coefficient (Wildman–Crippen LogP) is 5.89. The van der Waals surface area contributed by atoms with Crippen molar-refractivity contribution in [2.24, 2.45) is 13.0 Å². The first-order chi connectivity index (χ1) is 28.5. The Morgan fingerprint density at radius 2 is 1.68 bits per heavy atom. The Balaban J connectivity index is 0.896. The number of amides is 3. The molecule has 7 heterocycles. The van der Waals surface area contributed by atoms with E-state index in [1.54, 1.807) is 23.0 Å². The van der Waals surface area contributed by atoms with Crippen molar-refractivity contribution in [2.45, 2.75) is 89.9 Å². The average molecular weight is 806 g/mol. The summed E-state index contributed by atoms with van der Waals surface area (Å²) in [5.74, 6) is -2.40. The van der Waals surface area contributed by atoms with Gasteiger partial charge in [-0.1, -0.05) is 13.0 Å². The molecular formula is C44H49F2N9O4. The van der Waals surface area contributed by atoms with Crippen LogP contribution in [0.25, 0.3) is 22.3 Å². The van der Waals surface area contributed by atoms with Gasteiger partial charge in [0.15, 0.2) is 0 Å². The fraction of sp³-hybridized carbons (Fsp3) is 0.455. The number of nitrogens with zero attached hydrogens (tertiary/aromatic N) is 7. The van der Waals surface area contributed by atoms with Crippen LogP contribution in [-0.4, -0.2) is 90.2 Å². The van der Waals surface area contributed by atoms with E-state index in [9.17, 15) is 14.4 Å². The van der Waals surface area contributed by atoms with Gasteiger partial charge in [-0.3, -0.25) is 39.8 Å². The van der Waals surface area contributed by atoms with Gasteiger partial charge in [-0.15, -0.1) is 0 Å². The maximum atomic E-state index is 15.2. The van der Waals surface area contributed by atoms with Crippen LogP contribution >= 0.6 is 0 Å². The fourth-order valence-corrected chi connectivity index (χ4v) is 9.61. The number of ether oxygens (including phenoxy) is 1. The summed E-state index contributed by atoms with van der Waals surface area (Å²) in [4.78, 5) is 52.4. The molecule has 9 rings (SSSR count). The largest absolute Gasteiger partial charge is 0.477 e. The molecule has 3 fully saturated rings. The van der Waals surface area contributed by atoms with Gasteiger partial charge < -0.3 is 9.30 Å². The summed E-state index contributed by atoms with van der Waals surface area (Å²) in [6.07, 6.45) is 6.27. The van der Waals surface area contributed by atoms with Crippen LogP contribution in [0.5, 0.6) is 5.88 Å². The quantitative estimate of drug-likeness (QED) is 0.201. The lowest BCUT2D eigenvalue weighted by molar-refractivity contribution is -0.134. The molecule has 0 spiro atoms. The minimum Gasteiger partial charge on any atom is -0.477 e. The highest BCUT2D eigenvalue weighted by molar-refractivity contribution is 6.05. The number of imide groups is 1. The number of aryl methyl sites for hydroxylation is 2. The Kier molecular flexibility index (Phi) is 10.5. The Morgan fingerprint density at radius 1 is 0.898 bits per heavy atom. The van der Waals surface area contributed by atoms with Gasteiger partial charge in [0.2, 0.25) is 23.6 Å². The highest BCUT2D eigenvalue weighted by atomic mass is 19.1. The lowest BCUT2D eigenvalue weighted by Gasteiger charge is -2.41. The first-order valence-electron chi connectivity index (χ1n) is 20.7. The molecular weight excluding hydrogens is 757 g/mol. The predicted molar refractivity (Wildman–Crippen MR) is 217 cm³/mol. The lowest BCUT2D eigenvalue weighted by atomic mass is 9.89. The second-order valence-electron chi connectivity index (χ2n) is 16.8. The summed E-state index contributed by atoms with van der Waals surface area (Å²) in [5, 5.41) is 9.73. The zero-order chi connectivity index (χ0) is 40.9. The van der Waals surface area contributed by atoms with Gasteiger partial charge in [0, 0.05) is 75.1 Å². The van der Waals surface area contributed by atoms with E-state index in [-0.39, 0.29) is 30.2 Å². The molecule has 4 atom stereocenters. The van der Waals surface area contributed by atoms with Gasteiger partial charge >= 0.3 is 0 Å². The summed E-state index contributed by atoms with van der Waals surface area (Å²) < 4.78 is 40.6. The highest BCUT2D eigenvalue weighted by Gasteiger charge is 2.40. The normalized spacial score (nSPS) is 22.9. The van der Waals surface area contributed by atoms with Crippen LogP contribution in [-0.2, 0) is 36.1 Å². The minimum atomic E-state index is -1.00. The summed E-state index contributed by atoms with van der Waals surface area (Å²) in [7, 11) is 1.84.